The summed E-state index contributed by atoms with van der Waals surface area (Å²) >= 11 is 0.806. The monoisotopic (exact) mass is 452 g/mol. The standard InChI is InChI=1S/C20H15F3N2O5S/c1-11-15(12(2)30-24-11)10-29-19(26)14-5-3-4-6-17(14)31-18-8-7-13(20(21,22)23)9-16(18)25(27)28/h3-9H,10H2,1-2H3. The van der Waals surface area contributed by atoms with Crippen molar-refractivity contribution in [2.75, 3.05) is 0 Å². The third kappa shape index (κ3) is 5.05. The number of rotatable bonds is 6. The Morgan fingerprint density at radius 2 is 1.90 bits per heavy atom. The predicted octanol–water partition coefficient (Wildman–Crippen LogP) is 5.73. The zero-order chi connectivity index (χ0) is 22.8. The van der Waals surface area contributed by atoms with Crippen molar-refractivity contribution in [1.82, 2.24) is 5.16 Å². The van der Waals surface area contributed by atoms with E-state index in [0.717, 1.165) is 23.9 Å². The molecule has 0 spiro atoms. The first-order chi connectivity index (χ1) is 14.6. The first-order valence-electron chi connectivity index (χ1n) is 8.79. The van der Waals surface area contributed by atoms with Crippen LogP contribution < -0.4 is 0 Å². The maximum atomic E-state index is 12.9. The number of ether oxygens (including phenoxy) is 1. The first-order valence-corrected chi connectivity index (χ1v) is 9.61. The van der Waals surface area contributed by atoms with Crippen LogP contribution in [0, 0.1) is 24.0 Å². The maximum absolute atomic E-state index is 12.9. The molecule has 11 heteroatoms. The summed E-state index contributed by atoms with van der Waals surface area (Å²) in [6.07, 6.45) is -4.71. The third-order valence-corrected chi connectivity index (χ3v) is 5.48. The number of aryl methyl sites for hydroxylation is 2. The maximum Gasteiger partial charge on any atom is 0.416 e. The Morgan fingerprint density at radius 3 is 2.52 bits per heavy atom. The highest BCUT2D eigenvalue weighted by Gasteiger charge is 2.33. The zero-order valence-corrected chi connectivity index (χ0v) is 17.0. The molecule has 31 heavy (non-hydrogen) atoms. The number of nitro benzene ring substituents is 1. The van der Waals surface area contributed by atoms with Crippen molar-refractivity contribution in [3.8, 4) is 0 Å². The number of nitrogens with zero attached hydrogens (tertiary/aromatic N) is 2. The normalized spacial score (nSPS) is 11.4. The lowest BCUT2D eigenvalue weighted by Gasteiger charge is -2.11. The molecule has 3 aromatic rings. The molecule has 0 N–H and O–H groups in total. The van der Waals surface area contributed by atoms with E-state index in [0.29, 0.717) is 28.0 Å². The fraction of sp³-hybridized carbons (Fsp3) is 0.200. The van der Waals surface area contributed by atoms with Crippen LogP contribution in [0.3, 0.4) is 0 Å². The van der Waals surface area contributed by atoms with Crippen LogP contribution in [0.25, 0.3) is 0 Å². The average Bonchev–Trinajstić information content (AvgIpc) is 3.03. The minimum Gasteiger partial charge on any atom is -0.457 e. The number of carbonyl (C=O) groups excluding carboxylic acids is 1. The van der Waals surface area contributed by atoms with Gasteiger partial charge >= 0.3 is 12.1 Å². The van der Waals surface area contributed by atoms with Gasteiger partial charge in [0, 0.05) is 11.0 Å². The number of hydrogen-bond donors (Lipinski definition) is 0. The third-order valence-electron chi connectivity index (χ3n) is 4.34. The number of esters is 1. The number of carbonyl (C=O) groups is 1. The highest BCUT2D eigenvalue weighted by Crippen LogP contribution is 2.40. The molecule has 1 heterocycles. The molecule has 0 aliphatic rings. The van der Waals surface area contributed by atoms with Crippen molar-refractivity contribution in [1.29, 1.82) is 0 Å². The first kappa shape index (κ1) is 22.3. The van der Waals surface area contributed by atoms with Crippen LogP contribution in [-0.4, -0.2) is 16.0 Å². The molecule has 0 saturated carbocycles. The van der Waals surface area contributed by atoms with Gasteiger partial charge in [-0.1, -0.05) is 29.1 Å². The second kappa shape index (κ2) is 8.80. The SMILES string of the molecule is Cc1noc(C)c1COC(=O)c1ccccc1Sc1ccc(C(F)(F)F)cc1[N+](=O)[O-]. The van der Waals surface area contributed by atoms with Crippen LogP contribution in [0.2, 0.25) is 0 Å². The minimum atomic E-state index is -4.71. The van der Waals surface area contributed by atoms with E-state index in [2.05, 4.69) is 5.16 Å². The Balaban J connectivity index is 1.87. The lowest BCUT2D eigenvalue weighted by Crippen LogP contribution is -2.08. The van der Waals surface area contributed by atoms with E-state index in [1.54, 1.807) is 26.0 Å². The molecule has 0 unspecified atom stereocenters. The fourth-order valence-electron chi connectivity index (χ4n) is 2.69. The van der Waals surface area contributed by atoms with E-state index in [1.165, 1.54) is 12.1 Å². The molecule has 0 fully saturated rings. The Hall–Kier alpha value is -3.34. The van der Waals surface area contributed by atoms with Gasteiger partial charge in [0.2, 0.25) is 0 Å². The number of halogens is 3. The molecule has 0 amide bonds. The van der Waals surface area contributed by atoms with Gasteiger partial charge in [-0.3, -0.25) is 10.1 Å². The van der Waals surface area contributed by atoms with Crippen molar-refractivity contribution in [3.63, 3.8) is 0 Å². The van der Waals surface area contributed by atoms with Crippen LogP contribution in [0.5, 0.6) is 0 Å². The summed E-state index contributed by atoms with van der Waals surface area (Å²) in [4.78, 5) is 23.3. The molecule has 3 rings (SSSR count). The van der Waals surface area contributed by atoms with Gasteiger partial charge in [-0.05, 0) is 38.1 Å². The number of aromatic nitrogens is 1. The molecule has 7 nitrogen and oxygen atoms in total. The van der Waals surface area contributed by atoms with Crippen LogP contribution in [0.4, 0.5) is 18.9 Å². The molecule has 0 radical (unpaired) electrons. The molecule has 0 saturated heterocycles. The number of alkyl halides is 3. The van der Waals surface area contributed by atoms with Gasteiger partial charge in [0.05, 0.1) is 32.2 Å². The number of nitro groups is 1. The molecule has 0 bridgehead atoms. The van der Waals surface area contributed by atoms with Crippen LogP contribution in [-0.2, 0) is 17.5 Å². The average molecular weight is 452 g/mol. The largest absolute Gasteiger partial charge is 0.457 e. The summed E-state index contributed by atoms with van der Waals surface area (Å²) in [6, 6.07) is 8.42. The number of hydrogen-bond acceptors (Lipinski definition) is 7. The van der Waals surface area contributed by atoms with Crippen LogP contribution >= 0.6 is 11.8 Å². The summed E-state index contributed by atoms with van der Waals surface area (Å²) in [5.41, 5.74) is -0.520. The van der Waals surface area contributed by atoms with Crippen molar-refractivity contribution < 1.29 is 32.1 Å². The fourth-order valence-corrected chi connectivity index (χ4v) is 3.71. The zero-order valence-electron chi connectivity index (χ0n) is 16.2. The van der Waals surface area contributed by atoms with Gasteiger partial charge in [-0.2, -0.15) is 13.2 Å². The topological polar surface area (TPSA) is 95.5 Å². The van der Waals surface area contributed by atoms with Crippen molar-refractivity contribution in [3.05, 3.63) is 80.7 Å². The summed E-state index contributed by atoms with van der Waals surface area (Å²) in [5.74, 6) is -0.189. The molecule has 162 valence electrons. The van der Waals surface area contributed by atoms with Gasteiger partial charge in [0.15, 0.2) is 0 Å². The van der Waals surface area contributed by atoms with E-state index >= 15 is 0 Å². The van der Waals surface area contributed by atoms with Crippen LogP contribution in [0.1, 0.15) is 32.9 Å². The molecule has 0 aliphatic carbocycles. The van der Waals surface area contributed by atoms with Crippen molar-refractivity contribution in [2.24, 2.45) is 0 Å². The van der Waals surface area contributed by atoms with Gasteiger partial charge < -0.3 is 9.26 Å². The lowest BCUT2D eigenvalue weighted by molar-refractivity contribution is -0.388. The van der Waals surface area contributed by atoms with E-state index in [-0.39, 0.29) is 17.1 Å². The molecular formula is C20H15F3N2O5S. The predicted molar refractivity (Wildman–Crippen MR) is 104 cm³/mol. The molecule has 0 aliphatic heterocycles. The lowest BCUT2D eigenvalue weighted by atomic mass is 10.2. The summed E-state index contributed by atoms with van der Waals surface area (Å²) in [5, 5.41) is 15.1. The van der Waals surface area contributed by atoms with Gasteiger partial charge in [0.25, 0.3) is 5.69 Å². The van der Waals surface area contributed by atoms with E-state index < -0.39 is 28.3 Å². The van der Waals surface area contributed by atoms with Gasteiger partial charge in [-0.15, -0.1) is 0 Å². The van der Waals surface area contributed by atoms with E-state index in [9.17, 15) is 28.1 Å². The Labute approximate surface area is 178 Å². The van der Waals surface area contributed by atoms with E-state index in [4.69, 9.17) is 9.26 Å². The summed E-state index contributed by atoms with van der Waals surface area (Å²) < 4.78 is 49.1. The second-order valence-corrected chi connectivity index (χ2v) is 7.50. The Bertz CT molecular complexity index is 1120. The van der Waals surface area contributed by atoms with E-state index in [1.807, 2.05) is 0 Å². The van der Waals surface area contributed by atoms with Crippen LogP contribution in [0.15, 0.2) is 56.8 Å². The second-order valence-electron chi connectivity index (χ2n) is 6.41. The molecule has 0 atom stereocenters. The van der Waals surface area contributed by atoms with Crippen molar-refractivity contribution in [2.45, 2.75) is 36.4 Å². The highest BCUT2D eigenvalue weighted by atomic mass is 32.2. The van der Waals surface area contributed by atoms with Gasteiger partial charge in [-0.25, -0.2) is 4.79 Å². The quantitative estimate of drug-likeness (QED) is 0.268. The highest BCUT2D eigenvalue weighted by molar-refractivity contribution is 7.99. The molecule has 1 aromatic heterocycles. The summed E-state index contributed by atoms with van der Waals surface area (Å²) in [7, 11) is 0. The Kier molecular flexibility index (Phi) is 6.34. The molecular weight excluding hydrogens is 437 g/mol. The smallest absolute Gasteiger partial charge is 0.416 e. The minimum absolute atomic E-state index is 0.0380. The van der Waals surface area contributed by atoms with Gasteiger partial charge in [0.1, 0.15) is 12.4 Å². The number of benzene rings is 2. The van der Waals surface area contributed by atoms with Crippen molar-refractivity contribution >= 4 is 23.4 Å². The Morgan fingerprint density at radius 1 is 1.19 bits per heavy atom. The summed E-state index contributed by atoms with van der Waals surface area (Å²) in [6.45, 7) is 3.29. The molecule has 2 aromatic carbocycles.